The van der Waals surface area contributed by atoms with Crippen molar-refractivity contribution in [2.45, 2.75) is 70.1 Å². The number of benzene rings is 1. The summed E-state index contributed by atoms with van der Waals surface area (Å²) in [4.78, 5) is 3.95. The second kappa shape index (κ2) is 7.30. The molecular weight excluding hydrogens is 427 g/mol. The standard InChI is InChI=1S/C19H24BF6N3O2/c1-15(2)16(3,4)31-20(30-15)12-8-11(18(21,22)23)9-13(10-12)28-14-27-7-6-17(5,29-14)19(24,25)26/h8-10H,6-7H2,1-5H3,(H2,27,28,29). The number of rotatable bonds is 2. The first kappa shape index (κ1) is 23.7. The van der Waals surface area contributed by atoms with Crippen molar-refractivity contribution in [1.82, 2.24) is 5.32 Å². The molecule has 1 aromatic rings. The van der Waals surface area contributed by atoms with Crippen molar-refractivity contribution >= 4 is 24.2 Å². The molecule has 1 unspecified atom stereocenters. The predicted molar refractivity (Wildman–Crippen MR) is 105 cm³/mol. The normalized spacial score (nSPS) is 25.8. The van der Waals surface area contributed by atoms with Crippen molar-refractivity contribution in [1.29, 1.82) is 0 Å². The van der Waals surface area contributed by atoms with Crippen LogP contribution in [0.25, 0.3) is 0 Å². The zero-order valence-corrected chi connectivity index (χ0v) is 17.8. The van der Waals surface area contributed by atoms with E-state index in [9.17, 15) is 26.3 Å². The number of nitrogens with one attached hydrogen (secondary N) is 2. The van der Waals surface area contributed by atoms with Crippen molar-refractivity contribution in [3.8, 4) is 0 Å². The zero-order chi connectivity index (χ0) is 23.5. The van der Waals surface area contributed by atoms with Crippen LogP contribution in [-0.4, -0.2) is 42.5 Å². The quantitative estimate of drug-likeness (QED) is 0.526. The summed E-state index contributed by atoms with van der Waals surface area (Å²) in [5.41, 5.74) is -4.78. The molecule has 5 nitrogen and oxygen atoms in total. The van der Waals surface area contributed by atoms with Crippen LogP contribution < -0.4 is 16.1 Å². The Labute approximate surface area is 176 Å². The summed E-state index contributed by atoms with van der Waals surface area (Å²) >= 11 is 0. The van der Waals surface area contributed by atoms with E-state index < -0.39 is 41.8 Å². The lowest BCUT2D eigenvalue weighted by atomic mass is 9.78. The Bertz CT molecular complexity index is 868. The van der Waals surface area contributed by atoms with E-state index in [4.69, 9.17) is 9.31 Å². The van der Waals surface area contributed by atoms with E-state index in [0.717, 1.165) is 19.1 Å². The minimum absolute atomic E-state index is 0.0859. The van der Waals surface area contributed by atoms with Gasteiger partial charge in [-0.15, -0.1) is 0 Å². The second-order valence-corrected chi connectivity index (χ2v) is 8.99. The molecule has 1 fully saturated rings. The van der Waals surface area contributed by atoms with Crippen molar-refractivity contribution in [3.05, 3.63) is 23.8 Å². The van der Waals surface area contributed by atoms with E-state index in [1.165, 1.54) is 6.07 Å². The van der Waals surface area contributed by atoms with Gasteiger partial charge in [0.15, 0.2) is 5.96 Å². The molecule has 2 N–H and O–H groups in total. The fraction of sp³-hybridized carbons (Fsp3) is 0.632. The highest BCUT2D eigenvalue weighted by Gasteiger charge is 2.53. The van der Waals surface area contributed by atoms with Gasteiger partial charge in [0.25, 0.3) is 0 Å². The van der Waals surface area contributed by atoms with E-state index in [-0.39, 0.29) is 30.1 Å². The molecule has 0 spiro atoms. The molecule has 172 valence electrons. The first-order valence-electron chi connectivity index (χ1n) is 9.68. The van der Waals surface area contributed by atoms with E-state index in [2.05, 4.69) is 15.6 Å². The number of nitrogens with zero attached hydrogens (tertiary/aromatic N) is 1. The summed E-state index contributed by atoms with van der Waals surface area (Å²) in [7, 11) is -1.07. The topological polar surface area (TPSA) is 54.9 Å². The first-order valence-corrected chi connectivity index (χ1v) is 9.68. The molecule has 1 aromatic carbocycles. The lowest BCUT2D eigenvalue weighted by Crippen LogP contribution is -2.60. The van der Waals surface area contributed by atoms with E-state index >= 15 is 0 Å². The SMILES string of the molecule is CC1(C(F)(F)F)CCN=C(Nc2cc(B3OC(C)(C)C(C)(C)O3)cc(C(F)(F)F)c2)N1. The molecule has 0 aromatic heterocycles. The molecule has 31 heavy (non-hydrogen) atoms. The van der Waals surface area contributed by atoms with Gasteiger partial charge in [0.2, 0.25) is 0 Å². The number of alkyl halides is 6. The highest BCUT2D eigenvalue weighted by Crippen LogP contribution is 2.38. The molecule has 3 rings (SSSR count). The number of hydrogen-bond acceptors (Lipinski definition) is 5. The van der Waals surface area contributed by atoms with Gasteiger partial charge in [0.1, 0.15) is 5.54 Å². The summed E-state index contributed by atoms with van der Waals surface area (Å²) in [5, 5.41) is 4.82. The van der Waals surface area contributed by atoms with Crippen LogP contribution >= 0.6 is 0 Å². The Morgan fingerprint density at radius 2 is 1.55 bits per heavy atom. The maximum Gasteiger partial charge on any atom is 0.494 e. The monoisotopic (exact) mass is 451 g/mol. The molecule has 0 radical (unpaired) electrons. The largest absolute Gasteiger partial charge is 0.494 e. The molecule has 2 heterocycles. The van der Waals surface area contributed by atoms with Crippen LogP contribution in [-0.2, 0) is 15.5 Å². The average molecular weight is 451 g/mol. The fourth-order valence-corrected chi connectivity index (χ4v) is 3.18. The van der Waals surface area contributed by atoms with E-state index in [1.54, 1.807) is 27.7 Å². The molecule has 0 amide bonds. The highest BCUT2D eigenvalue weighted by molar-refractivity contribution is 6.62. The third-order valence-electron chi connectivity index (χ3n) is 5.97. The minimum atomic E-state index is -4.68. The average Bonchev–Trinajstić information content (AvgIpc) is 2.81. The van der Waals surface area contributed by atoms with Crippen molar-refractivity contribution < 1.29 is 35.7 Å². The summed E-state index contributed by atoms with van der Waals surface area (Å²) in [6.07, 6.45) is -9.53. The number of anilines is 1. The van der Waals surface area contributed by atoms with Crippen molar-refractivity contribution in [2.24, 2.45) is 4.99 Å². The molecule has 12 heteroatoms. The smallest absolute Gasteiger partial charge is 0.399 e. The Morgan fingerprint density at radius 1 is 0.968 bits per heavy atom. The van der Waals surface area contributed by atoms with Crippen LogP contribution in [0.2, 0.25) is 0 Å². The zero-order valence-electron chi connectivity index (χ0n) is 17.8. The molecule has 0 aliphatic carbocycles. The van der Waals surface area contributed by atoms with Gasteiger partial charge in [-0.05, 0) is 58.6 Å². The van der Waals surface area contributed by atoms with Crippen LogP contribution in [0.5, 0.6) is 0 Å². The Balaban J connectivity index is 1.93. The number of hydrogen-bond donors (Lipinski definition) is 2. The van der Waals surface area contributed by atoms with Crippen LogP contribution in [0.4, 0.5) is 32.0 Å². The summed E-state index contributed by atoms with van der Waals surface area (Å²) in [6.45, 7) is 7.90. The van der Waals surface area contributed by atoms with Crippen LogP contribution in [0.1, 0.15) is 46.6 Å². The van der Waals surface area contributed by atoms with E-state index in [0.29, 0.717) is 0 Å². The minimum Gasteiger partial charge on any atom is -0.399 e. The van der Waals surface area contributed by atoms with Crippen LogP contribution in [0.3, 0.4) is 0 Å². The van der Waals surface area contributed by atoms with Crippen LogP contribution in [0, 0.1) is 0 Å². The predicted octanol–water partition coefficient (Wildman–Crippen LogP) is 4.09. The third kappa shape index (κ3) is 4.64. The van der Waals surface area contributed by atoms with Gasteiger partial charge in [0, 0.05) is 12.2 Å². The van der Waals surface area contributed by atoms with Gasteiger partial charge in [-0.25, -0.2) is 0 Å². The summed E-state index contributed by atoms with van der Waals surface area (Å²) < 4.78 is 92.2. The molecular formula is C19H24BF6N3O2. The van der Waals surface area contributed by atoms with Gasteiger partial charge in [-0.2, -0.15) is 26.3 Å². The number of halogens is 6. The molecule has 0 bridgehead atoms. The van der Waals surface area contributed by atoms with Gasteiger partial charge >= 0.3 is 19.5 Å². The fourth-order valence-electron chi connectivity index (χ4n) is 3.18. The molecule has 1 saturated heterocycles. The van der Waals surface area contributed by atoms with Gasteiger partial charge < -0.3 is 19.9 Å². The van der Waals surface area contributed by atoms with E-state index in [1.807, 2.05) is 0 Å². The molecule has 2 aliphatic heterocycles. The van der Waals surface area contributed by atoms with Crippen LogP contribution in [0.15, 0.2) is 23.2 Å². The number of guanidine groups is 1. The Morgan fingerprint density at radius 3 is 2.06 bits per heavy atom. The highest BCUT2D eigenvalue weighted by atomic mass is 19.4. The van der Waals surface area contributed by atoms with Gasteiger partial charge in [0.05, 0.1) is 16.8 Å². The maximum atomic E-state index is 13.5. The van der Waals surface area contributed by atoms with Gasteiger partial charge in [-0.3, -0.25) is 4.99 Å². The lowest BCUT2D eigenvalue weighted by molar-refractivity contribution is -0.189. The number of aliphatic imine (C=N–C) groups is 1. The third-order valence-corrected chi connectivity index (χ3v) is 5.97. The summed E-state index contributed by atoms with van der Waals surface area (Å²) in [6, 6.07) is 3.06. The summed E-state index contributed by atoms with van der Waals surface area (Å²) in [5.74, 6) is -0.259. The Hall–Kier alpha value is -1.95. The Kier molecular flexibility index (Phi) is 5.58. The lowest BCUT2D eigenvalue weighted by Gasteiger charge is -2.36. The van der Waals surface area contributed by atoms with Gasteiger partial charge in [-0.1, -0.05) is 6.07 Å². The molecule has 2 aliphatic rings. The molecule has 1 atom stereocenters. The van der Waals surface area contributed by atoms with Crippen molar-refractivity contribution in [3.63, 3.8) is 0 Å². The van der Waals surface area contributed by atoms with Crippen molar-refractivity contribution in [2.75, 3.05) is 11.9 Å². The molecule has 0 saturated carbocycles. The first-order chi connectivity index (χ1) is 13.9. The maximum absolute atomic E-state index is 13.5. The second-order valence-electron chi connectivity index (χ2n) is 8.99.